The second-order valence-corrected chi connectivity index (χ2v) is 9.59. The molecule has 0 bridgehead atoms. The summed E-state index contributed by atoms with van der Waals surface area (Å²) < 4.78 is 35.1. The third-order valence-electron chi connectivity index (χ3n) is 7.01. The molecule has 2 saturated heterocycles. The molecule has 10 heteroatoms. The van der Waals surface area contributed by atoms with Crippen molar-refractivity contribution in [2.45, 2.75) is 31.0 Å². The molecular weight excluding hydrogens is 466 g/mol. The Morgan fingerprint density at radius 3 is 2.42 bits per heavy atom. The number of anilines is 2. The number of β-amino-alcohol motifs (C(OH)–C–C–N with tert-alkyl or cyclic N) is 1. The number of morpholine rings is 1. The Morgan fingerprint density at radius 1 is 1.00 bits per heavy atom. The highest BCUT2D eigenvalue weighted by molar-refractivity contribution is 5.55. The number of benzene rings is 2. The Bertz CT molecular complexity index is 1120. The Morgan fingerprint density at radius 2 is 1.75 bits per heavy atom. The maximum atomic E-state index is 14.7. The molecule has 8 nitrogen and oxygen atoms in total. The molecule has 192 valence electrons. The van der Waals surface area contributed by atoms with Crippen LogP contribution in [-0.2, 0) is 16.9 Å². The van der Waals surface area contributed by atoms with Gasteiger partial charge < -0.3 is 20.1 Å². The van der Waals surface area contributed by atoms with Crippen molar-refractivity contribution in [3.63, 3.8) is 0 Å². The van der Waals surface area contributed by atoms with E-state index in [1.165, 1.54) is 35.2 Å². The number of nitrogens with zero attached hydrogens (tertiary/aromatic N) is 5. The zero-order chi connectivity index (χ0) is 25.0. The van der Waals surface area contributed by atoms with Crippen molar-refractivity contribution in [3.8, 4) is 0 Å². The lowest BCUT2D eigenvalue weighted by atomic mass is 9.91. The summed E-state index contributed by atoms with van der Waals surface area (Å²) in [4.78, 5) is 8.38. The maximum absolute atomic E-state index is 14.7. The number of ether oxygens (including phenoxy) is 1. The van der Waals surface area contributed by atoms with Crippen molar-refractivity contribution < 1.29 is 18.6 Å². The molecule has 1 unspecified atom stereocenters. The fraction of sp³-hybridized carbons (Fsp3) is 0.462. The molecule has 0 radical (unpaired) electrons. The van der Waals surface area contributed by atoms with E-state index < -0.39 is 17.2 Å². The number of rotatable bonds is 8. The minimum atomic E-state index is -1.58. The van der Waals surface area contributed by atoms with E-state index in [1.54, 1.807) is 0 Å². The molecule has 2 aromatic carbocycles. The summed E-state index contributed by atoms with van der Waals surface area (Å²) in [6, 6.07) is 12.1. The minimum Gasteiger partial charge on any atom is -0.382 e. The third-order valence-corrected chi connectivity index (χ3v) is 7.01. The van der Waals surface area contributed by atoms with Crippen LogP contribution < -0.4 is 10.2 Å². The zero-order valence-corrected chi connectivity index (χ0v) is 20.2. The highest BCUT2D eigenvalue weighted by atomic mass is 19.1. The van der Waals surface area contributed by atoms with Gasteiger partial charge in [-0.3, -0.25) is 4.90 Å². The van der Waals surface area contributed by atoms with E-state index >= 15 is 0 Å². The molecule has 36 heavy (non-hydrogen) atoms. The number of aromatic nitrogens is 3. The van der Waals surface area contributed by atoms with Gasteiger partial charge in [0.25, 0.3) is 0 Å². The second-order valence-electron chi connectivity index (χ2n) is 9.59. The molecule has 0 spiro atoms. The van der Waals surface area contributed by atoms with Gasteiger partial charge >= 0.3 is 0 Å². The molecule has 5 rings (SSSR count). The third kappa shape index (κ3) is 5.83. The van der Waals surface area contributed by atoms with Gasteiger partial charge in [-0.2, -0.15) is 5.10 Å². The summed E-state index contributed by atoms with van der Waals surface area (Å²) in [6.45, 7) is 5.06. The first-order chi connectivity index (χ1) is 17.5. The SMILES string of the molecule is OC(CN1CCC(Nc2ccc(N3CCOCC3)cc2)CC1)(Cn1cncn1)c1ccc(F)cc1F. The van der Waals surface area contributed by atoms with Crippen molar-refractivity contribution in [1.82, 2.24) is 19.7 Å². The Labute approximate surface area is 209 Å². The van der Waals surface area contributed by atoms with E-state index in [0.717, 1.165) is 64.0 Å². The minimum absolute atomic E-state index is 0.0171. The first-order valence-corrected chi connectivity index (χ1v) is 12.4. The van der Waals surface area contributed by atoms with Gasteiger partial charge in [-0.1, -0.05) is 6.07 Å². The van der Waals surface area contributed by atoms with E-state index in [9.17, 15) is 13.9 Å². The van der Waals surface area contributed by atoms with Crippen molar-refractivity contribution in [2.75, 3.05) is 56.2 Å². The smallest absolute Gasteiger partial charge is 0.137 e. The summed E-state index contributed by atoms with van der Waals surface area (Å²) in [5.74, 6) is -1.45. The highest BCUT2D eigenvalue weighted by Gasteiger charge is 2.36. The number of halogens is 2. The molecule has 2 fully saturated rings. The molecule has 3 heterocycles. The van der Waals surface area contributed by atoms with Crippen LogP contribution in [0, 0.1) is 11.6 Å². The van der Waals surface area contributed by atoms with Gasteiger partial charge in [0.05, 0.1) is 19.8 Å². The molecule has 2 aliphatic rings. The Balaban J connectivity index is 1.20. The number of nitrogens with one attached hydrogen (secondary N) is 1. The summed E-state index contributed by atoms with van der Waals surface area (Å²) in [5, 5.41) is 19.3. The van der Waals surface area contributed by atoms with Crippen molar-refractivity contribution >= 4 is 11.4 Å². The van der Waals surface area contributed by atoms with Crippen LogP contribution in [0.25, 0.3) is 0 Å². The van der Waals surface area contributed by atoms with Crippen LogP contribution in [0.5, 0.6) is 0 Å². The van der Waals surface area contributed by atoms with Crippen LogP contribution in [0.4, 0.5) is 20.2 Å². The van der Waals surface area contributed by atoms with Crippen molar-refractivity contribution in [1.29, 1.82) is 0 Å². The molecule has 0 amide bonds. The van der Waals surface area contributed by atoms with Crippen molar-refractivity contribution in [2.24, 2.45) is 0 Å². The Kier molecular flexibility index (Phi) is 7.45. The second kappa shape index (κ2) is 10.9. The topological polar surface area (TPSA) is 78.7 Å². The monoisotopic (exact) mass is 498 g/mol. The standard InChI is InChI=1S/C26H32F2N6O2/c27-20-1-6-24(25(28)15-20)26(35,17-34-19-29-18-30-34)16-32-9-7-22(8-10-32)31-21-2-4-23(5-3-21)33-11-13-36-14-12-33/h1-6,15,18-19,22,31,35H,7-14,16-17H2. The van der Waals surface area contributed by atoms with E-state index in [2.05, 4.69) is 49.5 Å². The van der Waals surface area contributed by atoms with Crippen LogP contribution in [-0.4, -0.2) is 76.8 Å². The average Bonchev–Trinajstić information content (AvgIpc) is 3.39. The lowest BCUT2D eigenvalue weighted by Crippen LogP contribution is -2.48. The molecule has 2 N–H and O–H groups in total. The van der Waals surface area contributed by atoms with Crippen LogP contribution >= 0.6 is 0 Å². The molecule has 1 atom stereocenters. The number of piperidine rings is 1. The molecule has 3 aromatic rings. The predicted molar refractivity (Wildman–Crippen MR) is 133 cm³/mol. The first kappa shape index (κ1) is 24.6. The molecule has 0 aliphatic carbocycles. The highest BCUT2D eigenvalue weighted by Crippen LogP contribution is 2.29. The van der Waals surface area contributed by atoms with Crippen LogP contribution in [0.2, 0.25) is 0 Å². The normalized spacial score (nSPS) is 19.2. The lowest BCUT2D eigenvalue weighted by molar-refractivity contribution is -0.0260. The summed E-state index contributed by atoms with van der Waals surface area (Å²) >= 11 is 0. The number of aliphatic hydroxyl groups is 1. The molecule has 2 aliphatic heterocycles. The van der Waals surface area contributed by atoms with Gasteiger partial charge in [0.1, 0.15) is 29.9 Å². The molecule has 0 saturated carbocycles. The van der Waals surface area contributed by atoms with Crippen LogP contribution in [0.15, 0.2) is 55.1 Å². The average molecular weight is 499 g/mol. The number of hydrogen-bond donors (Lipinski definition) is 2. The quantitative estimate of drug-likeness (QED) is 0.495. The van der Waals surface area contributed by atoms with Gasteiger partial charge in [-0.05, 0) is 43.2 Å². The molecular formula is C26H32F2N6O2. The first-order valence-electron chi connectivity index (χ1n) is 12.4. The summed E-state index contributed by atoms with van der Waals surface area (Å²) in [7, 11) is 0. The Hall–Kier alpha value is -3.08. The molecule has 1 aromatic heterocycles. The van der Waals surface area contributed by atoms with E-state index in [4.69, 9.17) is 4.74 Å². The number of likely N-dealkylation sites (tertiary alicyclic amines) is 1. The predicted octanol–water partition coefficient (Wildman–Crippen LogP) is 2.86. The van der Waals surface area contributed by atoms with E-state index in [-0.39, 0.29) is 18.7 Å². The maximum Gasteiger partial charge on any atom is 0.137 e. The number of hydrogen-bond acceptors (Lipinski definition) is 7. The van der Waals surface area contributed by atoms with Crippen LogP contribution in [0.3, 0.4) is 0 Å². The van der Waals surface area contributed by atoms with Gasteiger partial charge in [0.15, 0.2) is 0 Å². The fourth-order valence-electron chi connectivity index (χ4n) is 5.10. The summed E-state index contributed by atoms with van der Waals surface area (Å²) in [5.41, 5.74) is 0.765. The zero-order valence-electron chi connectivity index (χ0n) is 20.2. The fourth-order valence-corrected chi connectivity index (χ4v) is 5.10. The van der Waals surface area contributed by atoms with E-state index in [0.29, 0.717) is 6.04 Å². The van der Waals surface area contributed by atoms with E-state index in [1.807, 2.05) is 0 Å². The lowest BCUT2D eigenvalue weighted by Gasteiger charge is -2.39. The van der Waals surface area contributed by atoms with Crippen LogP contribution in [0.1, 0.15) is 18.4 Å². The largest absolute Gasteiger partial charge is 0.382 e. The van der Waals surface area contributed by atoms with Gasteiger partial charge in [-0.15, -0.1) is 0 Å². The summed E-state index contributed by atoms with van der Waals surface area (Å²) in [6.07, 6.45) is 4.62. The van der Waals surface area contributed by atoms with Gasteiger partial charge in [-0.25, -0.2) is 18.4 Å². The van der Waals surface area contributed by atoms with Gasteiger partial charge in [0.2, 0.25) is 0 Å². The van der Waals surface area contributed by atoms with Gasteiger partial charge in [0, 0.05) is 61.8 Å². The van der Waals surface area contributed by atoms with Crippen molar-refractivity contribution in [3.05, 3.63) is 72.3 Å².